The number of likely N-dealkylation sites (tertiary alicyclic amines) is 1. The van der Waals surface area contributed by atoms with Crippen molar-refractivity contribution in [2.24, 2.45) is 0 Å². The lowest BCUT2D eigenvalue weighted by atomic mass is 9.94. The van der Waals surface area contributed by atoms with Crippen molar-refractivity contribution in [2.75, 3.05) is 13.7 Å². The van der Waals surface area contributed by atoms with Crippen molar-refractivity contribution in [2.45, 2.75) is 44.7 Å². The van der Waals surface area contributed by atoms with Crippen LogP contribution in [0.5, 0.6) is 11.5 Å². The Morgan fingerprint density at radius 2 is 1.81 bits per heavy atom. The smallest absolute Gasteiger partial charge is 0.295 e. The van der Waals surface area contributed by atoms with E-state index in [1.807, 2.05) is 6.92 Å². The molecule has 1 aliphatic carbocycles. The minimum atomic E-state index is -0.778. The molecular weight excluding hydrogens is 413 g/mol. The molecule has 4 rings (SSSR count). The monoisotopic (exact) mass is 439 g/mol. The Bertz CT molecular complexity index is 1060. The van der Waals surface area contributed by atoms with Gasteiger partial charge in [-0.1, -0.05) is 25.0 Å². The van der Waals surface area contributed by atoms with E-state index in [9.17, 15) is 19.1 Å². The summed E-state index contributed by atoms with van der Waals surface area (Å²) in [5.41, 5.74) is 0.652. The lowest BCUT2D eigenvalue weighted by Gasteiger charge is -2.31. The summed E-state index contributed by atoms with van der Waals surface area (Å²) in [6.07, 6.45) is 3.54. The maximum atomic E-state index is 14.0. The first kappa shape index (κ1) is 21.9. The summed E-state index contributed by atoms with van der Waals surface area (Å²) < 4.78 is 24.8. The predicted octanol–water partition coefficient (Wildman–Crippen LogP) is 4.60. The highest BCUT2D eigenvalue weighted by molar-refractivity contribution is 6.46. The highest BCUT2D eigenvalue weighted by atomic mass is 19.1. The van der Waals surface area contributed by atoms with Crippen LogP contribution in [0, 0.1) is 5.82 Å². The molecule has 0 spiro atoms. The predicted molar refractivity (Wildman–Crippen MR) is 117 cm³/mol. The lowest BCUT2D eigenvalue weighted by molar-refractivity contribution is -0.141. The molecule has 32 heavy (non-hydrogen) atoms. The molecule has 1 atom stereocenters. The maximum Gasteiger partial charge on any atom is 0.295 e. The van der Waals surface area contributed by atoms with Gasteiger partial charge in [-0.25, -0.2) is 4.39 Å². The molecule has 2 aromatic carbocycles. The molecule has 1 amide bonds. The number of rotatable bonds is 6. The van der Waals surface area contributed by atoms with Crippen LogP contribution in [-0.4, -0.2) is 41.5 Å². The second-order valence-corrected chi connectivity index (χ2v) is 7.99. The number of aliphatic hydroxyl groups excluding tert-OH is 1. The first-order valence-corrected chi connectivity index (χ1v) is 10.8. The molecule has 1 aliphatic heterocycles. The van der Waals surface area contributed by atoms with Gasteiger partial charge in [-0.3, -0.25) is 9.59 Å². The van der Waals surface area contributed by atoms with Gasteiger partial charge in [0.2, 0.25) is 0 Å². The molecule has 2 aliphatic rings. The van der Waals surface area contributed by atoms with Crippen LogP contribution < -0.4 is 9.47 Å². The molecule has 1 unspecified atom stereocenters. The fourth-order valence-electron chi connectivity index (χ4n) is 4.66. The number of aliphatic hydroxyl groups is 1. The molecular formula is C25H26FNO5. The zero-order chi connectivity index (χ0) is 22.8. The van der Waals surface area contributed by atoms with Crippen molar-refractivity contribution < 1.29 is 28.6 Å². The van der Waals surface area contributed by atoms with Gasteiger partial charge in [-0.15, -0.1) is 0 Å². The van der Waals surface area contributed by atoms with Crippen LogP contribution >= 0.6 is 0 Å². The van der Waals surface area contributed by atoms with Crippen molar-refractivity contribution >= 4 is 17.4 Å². The second kappa shape index (κ2) is 9.02. The number of hydrogen-bond acceptors (Lipinski definition) is 5. The minimum absolute atomic E-state index is 0.0351. The summed E-state index contributed by atoms with van der Waals surface area (Å²) in [4.78, 5) is 27.9. The first-order chi connectivity index (χ1) is 15.5. The summed E-state index contributed by atoms with van der Waals surface area (Å²) >= 11 is 0. The van der Waals surface area contributed by atoms with Crippen molar-refractivity contribution in [1.29, 1.82) is 0 Å². The van der Waals surface area contributed by atoms with Gasteiger partial charge in [0, 0.05) is 6.04 Å². The highest BCUT2D eigenvalue weighted by Gasteiger charge is 2.49. The maximum absolute atomic E-state index is 14.0. The van der Waals surface area contributed by atoms with Gasteiger partial charge in [-0.05, 0) is 55.7 Å². The fraction of sp³-hybridized carbons (Fsp3) is 0.360. The number of ketones is 1. The van der Waals surface area contributed by atoms with E-state index in [4.69, 9.17) is 9.47 Å². The summed E-state index contributed by atoms with van der Waals surface area (Å²) in [6, 6.07) is 9.95. The third-order valence-corrected chi connectivity index (χ3v) is 6.12. The molecule has 2 fully saturated rings. The topological polar surface area (TPSA) is 76.1 Å². The zero-order valence-electron chi connectivity index (χ0n) is 18.1. The van der Waals surface area contributed by atoms with Crippen LogP contribution in [0.2, 0.25) is 0 Å². The van der Waals surface area contributed by atoms with Crippen molar-refractivity contribution in [1.82, 2.24) is 4.90 Å². The number of Topliss-reactive ketones (excluding diaryl/α,β-unsaturated/α-hetero) is 1. The molecule has 1 saturated carbocycles. The third kappa shape index (κ3) is 3.83. The standard InChI is InChI=1S/C25H26FNO5/c1-3-32-18-11-8-15(9-12-18)22-21(23(28)19-14-16(26)10-13-20(19)31-2)24(29)25(30)27(22)17-6-4-5-7-17/h8-14,17,22,28H,3-7H2,1-2H3/b23-21+. The van der Waals surface area contributed by atoms with Crippen LogP contribution in [0.4, 0.5) is 4.39 Å². The van der Waals surface area contributed by atoms with E-state index >= 15 is 0 Å². The number of nitrogens with zero attached hydrogens (tertiary/aromatic N) is 1. The molecule has 1 N–H and O–H groups in total. The molecule has 1 heterocycles. The van der Waals surface area contributed by atoms with E-state index in [1.165, 1.54) is 19.2 Å². The number of amides is 1. The Morgan fingerprint density at radius 1 is 1.12 bits per heavy atom. The molecule has 7 heteroatoms. The number of carbonyl (C=O) groups excluding carboxylic acids is 2. The van der Waals surface area contributed by atoms with Crippen LogP contribution in [0.1, 0.15) is 49.8 Å². The van der Waals surface area contributed by atoms with Gasteiger partial charge in [0.25, 0.3) is 11.7 Å². The van der Waals surface area contributed by atoms with Crippen LogP contribution in [-0.2, 0) is 9.59 Å². The first-order valence-electron chi connectivity index (χ1n) is 10.8. The summed E-state index contributed by atoms with van der Waals surface area (Å²) in [5, 5.41) is 11.2. The van der Waals surface area contributed by atoms with Crippen LogP contribution in [0.15, 0.2) is 48.0 Å². The number of benzene rings is 2. The number of ether oxygens (including phenoxy) is 2. The van der Waals surface area contributed by atoms with Crippen molar-refractivity contribution in [3.05, 3.63) is 65.0 Å². The Hall–Kier alpha value is -3.35. The highest BCUT2D eigenvalue weighted by Crippen LogP contribution is 2.44. The van der Waals surface area contributed by atoms with E-state index in [0.29, 0.717) is 17.9 Å². The molecule has 0 radical (unpaired) electrons. The minimum Gasteiger partial charge on any atom is -0.507 e. The summed E-state index contributed by atoms with van der Waals surface area (Å²) in [6.45, 7) is 2.40. The van der Waals surface area contributed by atoms with E-state index in [-0.39, 0.29) is 22.9 Å². The summed E-state index contributed by atoms with van der Waals surface area (Å²) in [7, 11) is 1.39. The van der Waals surface area contributed by atoms with Gasteiger partial charge in [0.15, 0.2) is 0 Å². The SMILES string of the molecule is CCOc1ccc(C2/C(=C(\O)c3cc(F)ccc3OC)C(=O)C(=O)N2C2CCCC2)cc1. The third-order valence-electron chi connectivity index (χ3n) is 6.12. The average molecular weight is 439 g/mol. The Labute approximate surface area is 186 Å². The van der Waals surface area contributed by atoms with Gasteiger partial charge < -0.3 is 19.5 Å². The number of hydrogen-bond donors (Lipinski definition) is 1. The van der Waals surface area contributed by atoms with E-state index in [2.05, 4.69) is 0 Å². The van der Waals surface area contributed by atoms with Crippen molar-refractivity contribution in [3.8, 4) is 11.5 Å². The van der Waals surface area contributed by atoms with Crippen LogP contribution in [0.25, 0.3) is 5.76 Å². The van der Waals surface area contributed by atoms with E-state index < -0.39 is 29.3 Å². The molecule has 2 aromatic rings. The molecule has 0 aromatic heterocycles. The van der Waals surface area contributed by atoms with Gasteiger partial charge in [-0.2, -0.15) is 0 Å². The van der Waals surface area contributed by atoms with E-state index in [0.717, 1.165) is 31.7 Å². The Kier molecular flexibility index (Phi) is 6.17. The van der Waals surface area contributed by atoms with Gasteiger partial charge >= 0.3 is 0 Å². The molecule has 1 saturated heterocycles. The molecule has 168 valence electrons. The Morgan fingerprint density at radius 3 is 2.44 bits per heavy atom. The van der Waals surface area contributed by atoms with E-state index in [1.54, 1.807) is 29.2 Å². The number of methoxy groups -OCH3 is 1. The van der Waals surface area contributed by atoms with Crippen LogP contribution in [0.3, 0.4) is 0 Å². The molecule has 0 bridgehead atoms. The van der Waals surface area contributed by atoms with Gasteiger partial charge in [0.05, 0.1) is 30.9 Å². The second-order valence-electron chi connectivity index (χ2n) is 7.99. The molecule has 6 nitrogen and oxygen atoms in total. The average Bonchev–Trinajstić information content (AvgIpc) is 3.41. The van der Waals surface area contributed by atoms with Gasteiger partial charge in [0.1, 0.15) is 23.1 Å². The Balaban J connectivity index is 1.88. The quantitative estimate of drug-likeness (QED) is 0.405. The number of halogens is 1. The zero-order valence-corrected chi connectivity index (χ0v) is 18.1. The van der Waals surface area contributed by atoms with Crippen molar-refractivity contribution in [3.63, 3.8) is 0 Å². The fourth-order valence-corrected chi connectivity index (χ4v) is 4.66. The normalized spacial score (nSPS) is 20.7. The number of carbonyl (C=O) groups is 2. The largest absolute Gasteiger partial charge is 0.507 e. The lowest BCUT2D eigenvalue weighted by Crippen LogP contribution is -2.37. The summed E-state index contributed by atoms with van der Waals surface area (Å²) in [5.74, 6) is -1.58.